The summed E-state index contributed by atoms with van der Waals surface area (Å²) in [6, 6.07) is 8.03. The van der Waals surface area contributed by atoms with Crippen molar-refractivity contribution >= 4 is 52.9 Å². The molecule has 0 fully saturated rings. The third-order valence-electron chi connectivity index (χ3n) is 9.13. The Kier molecular flexibility index (Phi) is 18.1. The molecule has 1 heterocycles. The molecule has 4 amide bonds. The van der Waals surface area contributed by atoms with Gasteiger partial charge >= 0.3 is 11.9 Å². The summed E-state index contributed by atoms with van der Waals surface area (Å²) in [5.74, 6) is -6.05. The molecule has 0 bridgehead atoms. The molecule has 2 aromatic rings. The Labute approximate surface area is 339 Å². The number of aliphatic hydroxyl groups excluding tert-OH is 1. The Morgan fingerprint density at radius 2 is 1.66 bits per heavy atom. The summed E-state index contributed by atoms with van der Waals surface area (Å²) in [4.78, 5) is 74.6. The van der Waals surface area contributed by atoms with Gasteiger partial charge in [-0.1, -0.05) is 51.1 Å². The van der Waals surface area contributed by atoms with Gasteiger partial charge in [0, 0.05) is 56.7 Å². The first-order chi connectivity index (χ1) is 27.3. The number of carboxylic acid groups (broad SMARTS) is 2. The lowest BCUT2D eigenvalue weighted by atomic mass is 9.82. The number of hydrogen-bond donors (Lipinski definition) is 8. The van der Waals surface area contributed by atoms with Gasteiger partial charge in [-0.2, -0.15) is 0 Å². The van der Waals surface area contributed by atoms with Crippen molar-refractivity contribution in [2.24, 2.45) is 16.9 Å². The Balaban J connectivity index is 1.63. The number of carbonyl (C=O) groups is 6. The monoisotopic (exact) mass is 833 g/mol. The van der Waals surface area contributed by atoms with E-state index in [0.717, 1.165) is 11.6 Å². The van der Waals surface area contributed by atoms with E-state index in [1.165, 1.54) is 11.0 Å². The van der Waals surface area contributed by atoms with E-state index in [4.69, 9.17) is 16.6 Å². The van der Waals surface area contributed by atoms with Crippen LogP contribution < -0.4 is 27.4 Å². The summed E-state index contributed by atoms with van der Waals surface area (Å²) in [5.41, 5.74) is 13.1. The van der Waals surface area contributed by atoms with Crippen molar-refractivity contribution < 1.29 is 52.9 Å². The number of aromatic nitrogens is 1. The molecule has 5 atom stereocenters. The second-order valence-corrected chi connectivity index (χ2v) is 16.0. The zero-order chi connectivity index (χ0) is 43.2. The molecule has 0 saturated heterocycles. The largest absolute Gasteiger partial charge is 0.480 e. The highest BCUT2D eigenvalue weighted by molar-refractivity contribution is 8.00. The van der Waals surface area contributed by atoms with Crippen LogP contribution in [0, 0.1) is 5.41 Å². The van der Waals surface area contributed by atoms with Crippen molar-refractivity contribution in [3.05, 3.63) is 77.4 Å². The van der Waals surface area contributed by atoms with Gasteiger partial charge < -0.3 is 52.2 Å². The zero-order valence-electron chi connectivity index (χ0n) is 32.7. The molecule has 0 spiro atoms. The van der Waals surface area contributed by atoms with Crippen LogP contribution in [0.1, 0.15) is 62.9 Å². The Morgan fingerprint density at radius 3 is 2.28 bits per heavy atom. The summed E-state index contributed by atoms with van der Waals surface area (Å²) in [7, 11) is 0. The summed E-state index contributed by atoms with van der Waals surface area (Å²) >= 11 is 0.691. The highest BCUT2D eigenvalue weighted by Gasteiger charge is 2.38. The van der Waals surface area contributed by atoms with Crippen LogP contribution in [0.3, 0.4) is 0 Å². The number of benzene rings is 1. The van der Waals surface area contributed by atoms with Crippen LogP contribution in [0.25, 0.3) is 5.57 Å². The number of aliphatic carboxylic acids is 2. The van der Waals surface area contributed by atoms with E-state index in [1.807, 2.05) is 55.7 Å². The number of alkyl halides is 1. The molecule has 0 saturated carbocycles. The number of nitrogens with one attached hydrogen (secondary N) is 3. The normalized spacial score (nSPS) is 16.2. The number of allylic oxidation sites excluding steroid dienone is 4. The third-order valence-corrected chi connectivity index (χ3v) is 10.5. The molecule has 19 heteroatoms. The summed E-state index contributed by atoms with van der Waals surface area (Å²) in [6.07, 6.45) is 1.96. The first-order valence-corrected chi connectivity index (χ1v) is 19.6. The Bertz CT molecular complexity index is 1830. The second-order valence-electron chi connectivity index (χ2n) is 14.8. The van der Waals surface area contributed by atoms with Gasteiger partial charge in [-0.3, -0.25) is 28.8 Å². The van der Waals surface area contributed by atoms with Crippen LogP contribution >= 0.6 is 11.8 Å². The van der Waals surface area contributed by atoms with Crippen LogP contribution in [0.5, 0.6) is 0 Å². The van der Waals surface area contributed by atoms with Crippen molar-refractivity contribution in [3.8, 4) is 0 Å². The highest BCUT2D eigenvalue weighted by Crippen LogP contribution is 2.41. The molecule has 318 valence electrons. The number of rotatable bonds is 22. The molecule has 58 heavy (non-hydrogen) atoms. The lowest BCUT2D eigenvalue weighted by Crippen LogP contribution is -2.48. The van der Waals surface area contributed by atoms with Gasteiger partial charge in [0.2, 0.25) is 23.6 Å². The van der Waals surface area contributed by atoms with Crippen LogP contribution in [0.4, 0.5) is 8.78 Å². The van der Waals surface area contributed by atoms with Crippen molar-refractivity contribution in [1.29, 1.82) is 0 Å². The van der Waals surface area contributed by atoms with Gasteiger partial charge in [-0.05, 0) is 46.8 Å². The van der Waals surface area contributed by atoms with E-state index in [0.29, 0.717) is 29.6 Å². The highest BCUT2D eigenvalue weighted by atomic mass is 32.2. The van der Waals surface area contributed by atoms with Crippen molar-refractivity contribution in [2.45, 2.75) is 76.1 Å². The number of aliphatic hydroxyl groups is 1. The maximum atomic E-state index is 15.2. The number of carbonyl (C=O) groups excluding carboxylic acids is 4. The number of carboxylic acids is 2. The predicted molar refractivity (Wildman–Crippen MR) is 213 cm³/mol. The van der Waals surface area contributed by atoms with Crippen molar-refractivity contribution in [1.82, 2.24) is 25.4 Å². The first kappa shape index (κ1) is 47.3. The van der Waals surface area contributed by atoms with Crippen LogP contribution in [-0.2, 0) is 35.3 Å². The molecule has 0 aliphatic heterocycles. The van der Waals surface area contributed by atoms with Gasteiger partial charge in [0.15, 0.2) is 0 Å². The fraction of sp³-hybridized carbons (Fsp3) is 0.487. The number of thioether (sulfide) groups is 1. The lowest BCUT2D eigenvalue weighted by Gasteiger charge is -2.41. The molecular weight excluding hydrogens is 781 g/mol. The Morgan fingerprint density at radius 1 is 0.983 bits per heavy atom. The number of halogens is 2. The fourth-order valence-electron chi connectivity index (χ4n) is 6.22. The topological polar surface area (TPSA) is 259 Å². The molecule has 1 aromatic heterocycles. The molecule has 1 aliphatic rings. The van der Waals surface area contributed by atoms with Crippen LogP contribution in [0.15, 0.2) is 60.6 Å². The second kappa shape index (κ2) is 22.2. The smallest absolute Gasteiger partial charge is 0.321 e. The summed E-state index contributed by atoms with van der Waals surface area (Å²) in [5, 5.41) is 34.4. The van der Waals surface area contributed by atoms with E-state index in [-0.39, 0.29) is 43.8 Å². The van der Waals surface area contributed by atoms with E-state index in [1.54, 1.807) is 12.3 Å². The zero-order valence-corrected chi connectivity index (χ0v) is 33.5. The third kappa shape index (κ3) is 14.4. The predicted octanol–water partition coefficient (Wildman–Crippen LogP) is 1.48. The lowest BCUT2D eigenvalue weighted by molar-refractivity contribution is -0.140. The van der Waals surface area contributed by atoms with Gasteiger partial charge in [0.1, 0.15) is 29.9 Å². The average molecular weight is 834 g/mol. The molecule has 0 radical (unpaired) electrons. The molecule has 3 unspecified atom stereocenters. The number of hydrogen-bond acceptors (Lipinski definition) is 10. The molecule has 16 nitrogen and oxygen atoms in total. The van der Waals surface area contributed by atoms with Gasteiger partial charge in [0.25, 0.3) is 0 Å². The minimum absolute atomic E-state index is 0.0274. The summed E-state index contributed by atoms with van der Waals surface area (Å²) in [6.45, 7) is 4.55. The molecule has 3 rings (SSSR count). The fourth-order valence-corrected chi connectivity index (χ4v) is 7.21. The standard InChI is InChI=1S/C39H53F2N7O9S/c1-39(2,3)35(30-15-24(26-16-25(40)9-10-27(26)41)20-47(30)19-23-7-5-4-6-8-23)48(34(52)21-49)14-11-28(42)36(53)45-13-12-44-33(51)18-46-32(50)17-31(38(56)57)58-22-29(43)37(54)55/h4-9,15-16,20,27-29,31,35,49H,10-14,17-19,21-22,42-43H2,1-3H3,(H,44,51)(H,45,53)(H,46,50)(H,54,55)(H,56,57)/t27?,28-,29?,31?,35-/m0/s1. The van der Waals surface area contributed by atoms with Crippen LogP contribution in [-0.4, -0.2) is 122 Å². The summed E-state index contributed by atoms with van der Waals surface area (Å²) < 4.78 is 31.4. The van der Waals surface area contributed by atoms with E-state index in [9.17, 15) is 43.4 Å². The van der Waals surface area contributed by atoms with Gasteiger partial charge in [-0.25, -0.2) is 8.78 Å². The van der Waals surface area contributed by atoms with Gasteiger partial charge in [-0.15, -0.1) is 11.8 Å². The number of amides is 4. The first-order valence-electron chi connectivity index (χ1n) is 18.6. The number of nitrogens with zero attached hydrogens (tertiary/aromatic N) is 2. The van der Waals surface area contributed by atoms with E-state index < -0.39 is 95.9 Å². The SMILES string of the molecule is CC(C)(C)[C@H](c1cc(C2=CC(F)=CCC2F)cn1Cc1ccccc1)N(CC[C@H](N)C(=O)NCCNC(=O)CNC(=O)CC(SCC(N)C(=O)O)C(=O)O)C(=O)CO. The van der Waals surface area contributed by atoms with E-state index in [2.05, 4.69) is 16.0 Å². The molecule has 1 aliphatic carbocycles. The molecule has 1 aromatic carbocycles. The minimum atomic E-state index is -1.44. The minimum Gasteiger partial charge on any atom is -0.480 e. The number of nitrogens with two attached hydrogens (primary N) is 2. The maximum absolute atomic E-state index is 15.2. The average Bonchev–Trinajstić information content (AvgIpc) is 3.57. The molecule has 10 N–H and O–H groups in total. The maximum Gasteiger partial charge on any atom is 0.321 e. The van der Waals surface area contributed by atoms with Crippen LogP contribution in [0.2, 0.25) is 0 Å². The molecular formula is C39H53F2N7O9S. The Hall–Kier alpha value is -5.11. The van der Waals surface area contributed by atoms with E-state index >= 15 is 4.39 Å². The van der Waals surface area contributed by atoms with Crippen molar-refractivity contribution in [2.75, 3.05) is 38.5 Å². The van der Waals surface area contributed by atoms with Crippen molar-refractivity contribution in [3.63, 3.8) is 0 Å². The van der Waals surface area contributed by atoms with Gasteiger partial charge in [0.05, 0.1) is 18.6 Å². The quantitative estimate of drug-likeness (QED) is 0.0786.